The van der Waals surface area contributed by atoms with Crippen molar-refractivity contribution in [1.82, 2.24) is 25.5 Å². The van der Waals surface area contributed by atoms with E-state index in [2.05, 4.69) is 39.3 Å². The van der Waals surface area contributed by atoms with Gasteiger partial charge in [-0.2, -0.15) is 5.10 Å². The zero-order valence-corrected chi connectivity index (χ0v) is 14.9. The molecule has 1 aliphatic carbocycles. The van der Waals surface area contributed by atoms with Gasteiger partial charge in [-0.25, -0.2) is 4.98 Å². The van der Waals surface area contributed by atoms with Gasteiger partial charge in [-0.3, -0.25) is 9.89 Å². The molecule has 0 saturated heterocycles. The third-order valence-electron chi connectivity index (χ3n) is 4.97. The second-order valence-electron chi connectivity index (χ2n) is 7.55. The fourth-order valence-electron chi connectivity index (χ4n) is 3.57. The number of rotatable bonds is 3. The van der Waals surface area contributed by atoms with Gasteiger partial charge in [-0.05, 0) is 49.8 Å². The Morgan fingerprint density at radius 1 is 1.36 bits per heavy atom. The number of hydrogen-bond donors (Lipinski definition) is 3. The van der Waals surface area contributed by atoms with Crippen LogP contribution in [0.1, 0.15) is 48.8 Å². The number of amides is 1. The van der Waals surface area contributed by atoms with Crippen LogP contribution in [0.3, 0.4) is 0 Å². The Labute approximate surface area is 146 Å². The number of carbonyl (C=O) groups excluding carboxylic acids is 1. The first-order valence-electron chi connectivity index (χ1n) is 8.81. The number of aromatic nitrogens is 4. The predicted octanol–water partition coefficient (Wildman–Crippen LogP) is 3.22. The summed E-state index contributed by atoms with van der Waals surface area (Å²) in [7, 11) is 0. The number of imidazole rings is 1. The van der Waals surface area contributed by atoms with Gasteiger partial charge in [0.05, 0.1) is 11.0 Å². The number of aromatic amines is 2. The molecule has 3 aromatic rings. The number of nitrogens with zero attached hydrogens (tertiary/aromatic N) is 2. The van der Waals surface area contributed by atoms with Crippen molar-refractivity contribution in [3.8, 4) is 11.5 Å². The summed E-state index contributed by atoms with van der Waals surface area (Å²) in [6.45, 7) is 7.11. The molecule has 1 aliphatic rings. The number of H-pyrrole nitrogens is 2. The van der Waals surface area contributed by atoms with E-state index in [1.54, 1.807) is 6.07 Å². The number of hydrogen-bond acceptors (Lipinski definition) is 3. The Morgan fingerprint density at radius 2 is 2.20 bits per heavy atom. The monoisotopic (exact) mass is 337 g/mol. The first kappa shape index (κ1) is 15.9. The van der Waals surface area contributed by atoms with Crippen LogP contribution in [0.2, 0.25) is 0 Å². The van der Waals surface area contributed by atoms with E-state index in [-0.39, 0.29) is 5.91 Å². The highest BCUT2D eigenvalue weighted by atomic mass is 16.1. The average molecular weight is 337 g/mol. The van der Waals surface area contributed by atoms with Crippen LogP contribution in [0.15, 0.2) is 18.2 Å². The molecule has 0 bridgehead atoms. The number of nitrogens with one attached hydrogen (secondary N) is 3. The molecule has 0 spiro atoms. The number of carbonyl (C=O) groups is 1. The molecule has 6 nitrogen and oxygen atoms in total. The van der Waals surface area contributed by atoms with Gasteiger partial charge in [0.1, 0.15) is 5.69 Å². The molecule has 3 N–H and O–H groups in total. The molecule has 4 rings (SSSR count). The maximum absolute atomic E-state index is 12.0. The van der Waals surface area contributed by atoms with E-state index in [1.807, 2.05) is 19.1 Å². The van der Waals surface area contributed by atoms with Gasteiger partial charge in [0.15, 0.2) is 5.82 Å². The minimum Gasteiger partial charge on any atom is -0.352 e. The van der Waals surface area contributed by atoms with Crippen molar-refractivity contribution in [2.24, 2.45) is 5.41 Å². The van der Waals surface area contributed by atoms with Crippen molar-refractivity contribution in [1.29, 1.82) is 0 Å². The van der Waals surface area contributed by atoms with Crippen LogP contribution in [-0.2, 0) is 12.8 Å². The third kappa shape index (κ3) is 2.81. The first-order valence-corrected chi connectivity index (χ1v) is 8.81. The molecule has 6 heteroatoms. The fraction of sp³-hybridized carbons (Fsp3) is 0.421. The van der Waals surface area contributed by atoms with Crippen LogP contribution in [0, 0.1) is 5.41 Å². The van der Waals surface area contributed by atoms with E-state index in [4.69, 9.17) is 0 Å². The topological polar surface area (TPSA) is 86.5 Å². The van der Waals surface area contributed by atoms with Crippen molar-refractivity contribution in [2.75, 3.05) is 6.54 Å². The van der Waals surface area contributed by atoms with Gasteiger partial charge in [-0.15, -0.1) is 0 Å². The van der Waals surface area contributed by atoms with Gasteiger partial charge in [-0.1, -0.05) is 13.8 Å². The molecule has 0 aliphatic heterocycles. The molecule has 0 saturated carbocycles. The lowest BCUT2D eigenvalue weighted by molar-refractivity contribution is 0.0956. The fourth-order valence-corrected chi connectivity index (χ4v) is 3.57. The highest BCUT2D eigenvalue weighted by Gasteiger charge is 2.29. The molecule has 0 radical (unpaired) electrons. The van der Waals surface area contributed by atoms with Crippen LogP contribution >= 0.6 is 0 Å². The van der Waals surface area contributed by atoms with E-state index in [1.165, 1.54) is 11.3 Å². The molecule has 25 heavy (non-hydrogen) atoms. The molecular formula is C19H23N5O. The van der Waals surface area contributed by atoms with Gasteiger partial charge >= 0.3 is 0 Å². The summed E-state index contributed by atoms with van der Waals surface area (Å²) in [4.78, 5) is 20.0. The summed E-state index contributed by atoms with van der Waals surface area (Å²) in [5.74, 6) is 0.695. The number of benzene rings is 1. The van der Waals surface area contributed by atoms with Crippen molar-refractivity contribution in [2.45, 2.75) is 40.0 Å². The molecule has 0 unspecified atom stereocenters. The van der Waals surface area contributed by atoms with Gasteiger partial charge < -0.3 is 10.3 Å². The summed E-state index contributed by atoms with van der Waals surface area (Å²) in [5.41, 5.74) is 6.03. The molecule has 2 aromatic heterocycles. The van der Waals surface area contributed by atoms with Crippen molar-refractivity contribution in [3.05, 3.63) is 35.0 Å². The summed E-state index contributed by atoms with van der Waals surface area (Å²) in [5, 5.41) is 10.5. The van der Waals surface area contributed by atoms with Crippen LogP contribution < -0.4 is 5.32 Å². The second-order valence-corrected chi connectivity index (χ2v) is 7.55. The lowest BCUT2D eigenvalue weighted by atomic mass is 9.76. The van der Waals surface area contributed by atoms with Crippen molar-refractivity contribution >= 4 is 16.9 Å². The summed E-state index contributed by atoms with van der Waals surface area (Å²) >= 11 is 0. The Balaban J connectivity index is 1.71. The molecule has 130 valence electrons. The molecule has 0 fully saturated rings. The normalized spacial score (nSPS) is 16.0. The van der Waals surface area contributed by atoms with E-state index in [0.717, 1.165) is 41.8 Å². The summed E-state index contributed by atoms with van der Waals surface area (Å²) < 4.78 is 0. The van der Waals surface area contributed by atoms with Gasteiger partial charge in [0.2, 0.25) is 0 Å². The van der Waals surface area contributed by atoms with Crippen LogP contribution in [-0.4, -0.2) is 32.6 Å². The van der Waals surface area contributed by atoms with Gasteiger partial charge in [0, 0.05) is 23.4 Å². The Hall–Kier alpha value is -2.63. The predicted molar refractivity (Wildman–Crippen MR) is 97.5 cm³/mol. The lowest BCUT2D eigenvalue weighted by Crippen LogP contribution is -2.22. The van der Waals surface area contributed by atoms with E-state index < -0.39 is 0 Å². The minimum absolute atomic E-state index is 0.0695. The van der Waals surface area contributed by atoms with E-state index in [9.17, 15) is 4.79 Å². The lowest BCUT2D eigenvalue weighted by Gasteiger charge is -2.28. The molecule has 1 aromatic carbocycles. The Kier molecular flexibility index (Phi) is 3.63. The van der Waals surface area contributed by atoms with E-state index in [0.29, 0.717) is 17.5 Å². The molecule has 1 amide bonds. The minimum atomic E-state index is -0.0695. The van der Waals surface area contributed by atoms with E-state index >= 15 is 0 Å². The molecule has 0 atom stereocenters. The summed E-state index contributed by atoms with van der Waals surface area (Å²) in [6.07, 6.45) is 3.17. The van der Waals surface area contributed by atoms with Crippen molar-refractivity contribution < 1.29 is 4.79 Å². The van der Waals surface area contributed by atoms with Gasteiger partial charge in [0.25, 0.3) is 5.91 Å². The first-order chi connectivity index (χ1) is 12.0. The number of fused-ring (bicyclic) bond motifs is 2. The maximum Gasteiger partial charge on any atom is 0.251 e. The smallest absolute Gasteiger partial charge is 0.251 e. The quantitative estimate of drug-likeness (QED) is 0.686. The van der Waals surface area contributed by atoms with Crippen molar-refractivity contribution in [3.63, 3.8) is 0 Å². The standard InChI is InChI=1S/C19H23N5O/c1-4-20-18(25)11-5-6-13-14(9-11)22-17(21-13)16-12-7-8-19(2,3)10-15(12)23-24-16/h5-6,9H,4,7-8,10H2,1-3H3,(H,20,25)(H,21,22)(H,23,24). The Morgan fingerprint density at radius 3 is 3.00 bits per heavy atom. The van der Waals surface area contributed by atoms with Crippen LogP contribution in [0.5, 0.6) is 0 Å². The van der Waals surface area contributed by atoms with Crippen LogP contribution in [0.25, 0.3) is 22.6 Å². The SMILES string of the molecule is CCNC(=O)c1ccc2nc(-c3n[nH]c4c3CCC(C)(C)C4)[nH]c2c1. The zero-order chi connectivity index (χ0) is 17.6. The average Bonchev–Trinajstić information content (AvgIpc) is 3.16. The molecular weight excluding hydrogens is 314 g/mol. The van der Waals surface area contributed by atoms with Crippen LogP contribution in [0.4, 0.5) is 0 Å². The Bertz CT molecular complexity index is 950. The second kappa shape index (κ2) is 5.72. The third-order valence-corrected chi connectivity index (χ3v) is 4.97. The maximum atomic E-state index is 12.0. The highest BCUT2D eigenvalue weighted by Crippen LogP contribution is 2.37. The summed E-state index contributed by atoms with van der Waals surface area (Å²) in [6, 6.07) is 5.53. The largest absolute Gasteiger partial charge is 0.352 e. The molecule has 2 heterocycles. The zero-order valence-electron chi connectivity index (χ0n) is 14.9. The highest BCUT2D eigenvalue weighted by molar-refractivity contribution is 5.97.